The predicted molar refractivity (Wildman–Crippen MR) is 119 cm³/mol. The molecule has 2 saturated heterocycles. The first-order valence-electron chi connectivity index (χ1n) is 11.3. The van der Waals surface area contributed by atoms with E-state index in [1.807, 2.05) is 16.7 Å². The third kappa shape index (κ3) is 3.71. The lowest BCUT2D eigenvalue weighted by Crippen LogP contribution is -2.31. The number of hydrogen-bond donors (Lipinski definition) is 1. The summed E-state index contributed by atoms with van der Waals surface area (Å²) in [6.07, 6.45) is 2.97. The van der Waals surface area contributed by atoms with Gasteiger partial charge in [-0.1, -0.05) is 6.07 Å². The zero-order valence-electron chi connectivity index (χ0n) is 18.4. The molecule has 1 N–H and O–H groups in total. The zero-order chi connectivity index (χ0) is 22.5. The van der Waals surface area contributed by atoms with Gasteiger partial charge in [0.05, 0.1) is 37.2 Å². The molecule has 33 heavy (non-hydrogen) atoms. The van der Waals surface area contributed by atoms with E-state index in [1.165, 1.54) is 6.07 Å². The maximum Gasteiger partial charge on any atom is 0.339 e. The number of carbonyl (C=O) groups is 1. The molecular weight excluding hydrogens is 424 g/mol. The van der Waals surface area contributed by atoms with Gasteiger partial charge in [0.2, 0.25) is 5.56 Å². The summed E-state index contributed by atoms with van der Waals surface area (Å²) in [6, 6.07) is 8.83. The number of rotatable bonds is 7. The van der Waals surface area contributed by atoms with E-state index in [2.05, 4.69) is 14.9 Å². The summed E-state index contributed by atoms with van der Waals surface area (Å²) in [5.74, 6) is 1.57. The number of likely N-dealkylation sites (tertiary alicyclic amines) is 1. The average molecular weight is 450 g/mol. The van der Waals surface area contributed by atoms with E-state index in [0.29, 0.717) is 35.6 Å². The zero-order valence-corrected chi connectivity index (χ0v) is 18.4. The van der Waals surface area contributed by atoms with Gasteiger partial charge in [-0.3, -0.25) is 9.69 Å². The Bertz CT molecular complexity index is 1250. The second-order valence-corrected chi connectivity index (χ2v) is 9.15. The number of piperidine rings is 1. The van der Waals surface area contributed by atoms with Gasteiger partial charge >= 0.3 is 5.97 Å². The molecule has 2 aliphatic heterocycles. The van der Waals surface area contributed by atoms with Crippen molar-refractivity contribution in [3.05, 3.63) is 58.3 Å². The number of hydrogen-bond acceptors (Lipinski definition) is 7. The van der Waals surface area contributed by atoms with E-state index in [9.17, 15) is 9.59 Å². The predicted octanol–water partition coefficient (Wildman–Crippen LogP) is 1.98. The van der Waals surface area contributed by atoms with Gasteiger partial charge in [-0.25, -0.2) is 9.78 Å². The fraction of sp³-hybridized carbons (Fsp3) is 0.458. The number of aromatic nitrogens is 3. The number of imidazole rings is 1. The fourth-order valence-electron chi connectivity index (χ4n) is 5.27. The van der Waals surface area contributed by atoms with Gasteiger partial charge in [0.15, 0.2) is 0 Å². The van der Waals surface area contributed by atoms with E-state index in [1.54, 1.807) is 25.6 Å². The molecule has 0 bridgehead atoms. The fourth-order valence-corrected chi connectivity index (χ4v) is 5.27. The number of esters is 1. The average Bonchev–Trinajstić information content (AvgIpc) is 3.10. The molecule has 0 amide bonds. The van der Waals surface area contributed by atoms with Crippen molar-refractivity contribution in [3.63, 3.8) is 0 Å². The van der Waals surface area contributed by atoms with Crippen LogP contribution in [0, 0.1) is 11.8 Å². The number of aromatic amines is 1. The highest BCUT2D eigenvalue weighted by molar-refractivity contribution is 5.96. The van der Waals surface area contributed by atoms with Crippen LogP contribution in [0.25, 0.3) is 11.0 Å². The summed E-state index contributed by atoms with van der Waals surface area (Å²) in [5, 5.41) is 0. The lowest BCUT2D eigenvalue weighted by molar-refractivity contribution is -0.0586. The van der Waals surface area contributed by atoms with Crippen molar-refractivity contribution in [2.24, 2.45) is 11.8 Å². The Labute approximate surface area is 190 Å². The summed E-state index contributed by atoms with van der Waals surface area (Å²) in [4.78, 5) is 34.0. The van der Waals surface area contributed by atoms with Gasteiger partial charge < -0.3 is 23.8 Å². The molecule has 4 heterocycles. The number of nitrogens with one attached hydrogen (secondary N) is 1. The minimum absolute atomic E-state index is 0.0581. The maximum atomic E-state index is 12.9. The molecule has 2 aromatic heterocycles. The van der Waals surface area contributed by atoms with E-state index < -0.39 is 0 Å². The Morgan fingerprint density at radius 1 is 1.27 bits per heavy atom. The number of nitrogens with zero attached hydrogens (tertiary/aromatic N) is 3. The highest BCUT2D eigenvalue weighted by Crippen LogP contribution is 2.57. The van der Waals surface area contributed by atoms with Crippen LogP contribution in [0.5, 0.6) is 5.75 Å². The summed E-state index contributed by atoms with van der Waals surface area (Å²) in [5.41, 5.74) is 2.95. The lowest BCUT2D eigenvalue weighted by atomic mass is 10.1. The summed E-state index contributed by atoms with van der Waals surface area (Å²) >= 11 is 0. The quantitative estimate of drug-likeness (QED) is 0.550. The summed E-state index contributed by atoms with van der Waals surface area (Å²) in [7, 11) is 1.57. The first-order chi connectivity index (χ1) is 16.1. The molecule has 9 nitrogen and oxygen atoms in total. The molecule has 6 rings (SSSR count). The second-order valence-electron chi connectivity index (χ2n) is 9.15. The molecule has 2 unspecified atom stereocenters. The number of carbonyl (C=O) groups excluding carboxylic acids is 1. The molecule has 1 saturated carbocycles. The second kappa shape index (κ2) is 8.00. The van der Waals surface area contributed by atoms with Crippen LogP contribution in [-0.4, -0.2) is 65.0 Å². The SMILES string of the molecule is COc1cc(C(=O)OCN2CC3C(C2)C3c2cccc(=O)[nH]2)cc2c1ncn2C[C@@H]1CCO1. The Balaban J connectivity index is 1.10. The molecule has 3 fully saturated rings. The van der Waals surface area contributed by atoms with Gasteiger partial charge in [-0.2, -0.15) is 0 Å². The van der Waals surface area contributed by atoms with E-state index in [-0.39, 0.29) is 24.4 Å². The number of ether oxygens (including phenoxy) is 3. The molecule has 3 atom stereocenters. The minimum Gasteiger partial charge on any atom is -0.494 e. The molecule has 1 aromatic carbocycles. The molecule has 3 aromatic rings. The van der Waals surface area contributed by atoms with Gasteiger partial charge in [0.1, 0.15) is 18.0 Å². The Kier molecular flexibility index (Phi) is 4.95. The topological polar surface area (TPSA) is 98.7 Å². The van der Waals surface area contributed by atoms with Crippen LogP contribution >= 0.6 is 0 Å². The standard InChI is InChI=1S/C24H26N4O5/c1-31-20-8-14(7-19-23(20)25-12-28(19)9-15-5-6-32-15)24(30)33-13-27-10-16-17(11-27)22(16)18-3-2-4-21(29)26-18/h2-4,7-8,12,15-17,22H,5-6,9-11,13H2,1H3,(H,26,29)/t15-,16?,17?,22?/m0/s1. The highest BCUT2D eigenvalue weighted by atomic mass is 16.5. The first kappa shape index (κ1) is 20.4. The van der Waals surface area contributed by atoms with Crippen LogP contribution in [0.1, 0.15) is 28.4 Å². The van der Waals surface area contributed by atoms with Crippen molar-refractivity contribution in [2.75, 3.05) is 33.5 Å². The van der Waals surface area contributed by atoms with Crippen LogP contribution in [0.4, 0.5) is 0 Å². The van der Waals surface area contributed by atoms with Gasteiger partial charge in [-0.15, -0.1) is 0 Å². The Hall–Kier alpha value is -3.17. The number of benzene rings is 1. The first-order valence-corrected chi connectivity index (χ1v) is 11.3. The van der Waals surface area contributed by atoms with E-state index >= 15 is 0 Å². The van der Waals surface area contributed by atoms with Crippen LogP contribution in [0.3, 0.4) is 0 Å². The summed E-state index contributed by atoms with van der Waals surface area (Å²) < 4.78 is 18.7. The Morgan fingerprint density at radius 2 is 2.09 bits per heavy atom. The largest absolute Gasteiger partial charge is 0.494 e. The van der Waals surface area contributed by atoms with Crippen molar-refractivity contribution in [2.45, 2.75) is 25.0 Å². The summed E-state index contributed by atoms with van der Waals surface area (Å²) in [6.45, 7) is 3.45. The van der Waals surface area contributed by atoms with Crippen LogP contribution in [-0.2, 0) is 16.0 Å². The van der Waals surface area contributed by atoms with E-state index in [0.717, 1.165) is 42.8 Å². The van der Waals surface area contributed by atoms with Gasteiger partial charge in [0.25, 0.3) is 0 Å². The number of H-pyrrole nitrogens is 1. The molecule has 9 heteroatoms. The lowest BCUT2D eigenvalue weighted by Gasteiger charge is -2.26. The smallest absolute Gasteiger partial charge is 0.339 e. The van der Waals surface area contributed by atoms with Crippen molar-refractivity contribution in [1.82, 2.24) is 19.4 Å². The van der Waals surface area contributed by atoms with Crippen molar-refractivity contribution in [3.8, 4) is 5.75 Å². The third-order valence-electron chi connectivity index (χ3n) is 7.14. The van der Waals surface area contributed by atoms with Crippen molar-refractivity contribution >= 4 is 17.0 Å². The van der Waals surface area contributed by atoms with E-state index in [4.69, 9.17) is 14.2 Å². The van der Waals surface area contributed by atoms with Crippen molar-refractivity contribution in [1.29, 1.82) is 0 Å². The molecule has 0 spiro atoms. The number of pyridine rings is 1. The molecule has 172 valence electrons. The number of fused-ring (bicyclic) bond motifs is 2. The maximum absolute atomic E-state index is 12.9. The molecular formula is C24H26N4O5. The van der Waals surface area contributed by atoms with Crippen molar-refractivity contribution < 1.29 is 19.0 Å². The molecule has 3 aliphatic rings. The highest BCUT2D eigenvalue weighted by Gasteiger charge is 2.56. The molecule has 0 radical (unpaired) electrons. The van der Waals surface area contributed by atoms with Gasteiger partial charge in [0, 0.05) is 37.4 Å². The van der Waals surface area contributed by atoms with Crippen LogP contribution in [0.15, 0.2) is 41.5 Å². The van der Waals surface area contributed by atoms with Crippen LogP contribution in [0.2, 0.25) is 0 Å². The minimum atomic E-state index is -0.382. The molecule has 1 aliphatic carbocycles. The van der Waals surface area contributed by atoms with Crippen LogP contribution < -0.4 is 10.3 Å². The third-order valence-corrected chi connectivity index (χ3v) is 7.14. The van der Waals surface area contributed by atoms with Gasteiger partial charge in [-0.05, 0) is 36.5 Å². The Morgan fingerprint density at radius 3 is 2.79 bits per heavy atom. The number of methoxy groups -OCH3 is 1. The normalized spacial score (nSPS) is 26.1. The monoisotopic (exact) mass is 450 g/mol.